The van der Waals surface area contributed by atoms with Crippen LogP contribution in [-0.4, -0.2) is 63.3 Å². The van der Waals surface area contributed by atoms with E-state index in [0.717, 1.165) is 51.3 Å². The number of amides is 2. The third-order valence-corrected chi connectivity index (χ3v) is 9.38. The highest BCUT2D eigenvalue weighted by molar-refractivity contribution is 7.81. The summed E-state index contributed by atoms with van der Waals surface area (Å²) in [5, 5.41) is 18.8. The van der Waals surface area contributed by atoms with Gasteiger partial charge in [-0.3, -0.25) is 19.2 Å². The van der Waals surface area contributed by atoms with E-state index < -0.39 is 16.4 Å². The monoisotopic (exact) mass is 745 g/mol. The molecule has 12 heteroatoms. The largest absolute Gasteiger partial charge is 0.481 e. The molecule has 2 aromatic rings. The number of H-pyrrole nitrogens is 2. The first-order chi connectivity index (χ1) is 24.7. The van der Waals surface area contributed by atoms with Gasteiger partial charge in [-0.05, 0) is 108 Å². The van der Waals surface area contributed by atoms with Gasteiger partial charge >= 0.3 is 5.97 Å². The standard InChI is InChI=1S/C41H55N5O6S/c1-12-27(23(3)21-47)33(42-11)18-31-24(4)29(14-16-37(48)46-40(7,8)22-52-41(9,10)53)35(43-31)20-36-30(15-17-38(49)50)25(5)32(44-36)19-34-28(13-2)26(6)39(51)45-34/h12-13,18-19,21,42-44,53H,1-2,14-17,20,22H2,3-11H3,(H,45,51)(H,46,48)(H,49,50)/b27-23-,33-18-,34-19-. The molecule has 2 amide bonds. The molecule has 1 aliphatic heterocycles. The fraction of sp³-hybridized carbons (Fsp3) is 0.415. The Bertz CT molecular complexity index is 1910. The van der Waals surface area contributed by atoms with Gasteiger partial charge in [-0.1, -0.05) is 25.3 Å². The van der Waals surface area contributed by atoms with Gasteiger partial charge in [-0.25, -0.2) is 0 Å². The summed E-state index contributed by atoms with van der Waals surface area (Å²) < 4.78 is 5.82. The second kappa shape index (κ2) is 17.8. The van der Waals surface area contributed by atoms with Crippen molar-refractivity contribution in [2.75, 3.05) is 13.7 Å². The van der Waals surface area contributed by atoms with Crippen LogP contribution in [0.2, 0.25) is 0 Å². The Kier molecular flexibility index (Phi) is 14.3. The van der Waals surface area contributed by atoms with Gasteiger partial charge < -0.3 is 35.8 Å². The highest BCUT2D eigenvalue weighted by atomic mass is 32.1. The molecule has 1 aliphatic rings. The molecule has 286 valence electrons. The maximum atomic E-state index is 13.3. The van der Waals surface area contributed by atoms with Crippen molar-refractivity contribution in [3.8, 4) is 0 Å². The maximum absolute atomic E-state index is 13.3. The molecule has 53 heavy (non-hydrogen) atoms. The first-order valence-corrected chi connectivity index (χ1v) is 18.0. The number of aromatic amines is 2. The second-order valence-electron chi connectivity index (χ2n) is 14.5. The number of carbonyl (C=O) groups is 4. The molecular weight excluding hydrogens is 691 g/mol. The number of allylic oxidation sites excluding steroid dienone is 3. The molecule has 0 unspecified atom stereocenters. The van der Waals surface area contributed by atoms with Crippen LogP contribution in [0.1, 0.15) is 99.4 Å². The molecule has 0 saturated carbocycles. The molecule has 6 N–H and O–H groups in total. The summed E-state index contributed by atoms with van der Waals surface area (Å²) in [6, 6.07) is 0. The van der Waals surface area contributed by atoms with Crippen LogP contribution >= 0.6 is 12.6 Å². The SMILES string of the molecule is C=CC1=C(C)C(=O)N/C1=C\c1[nH]c(Cc2[nH]c(/C=C(NC)/C(C=C)=C(/C)C=O)c(C)c2CCC(=O)NC(C)(C)COC(C)(C)S)c(CCC(=O)O)c1C. The summed E-state index contributed by atoms with van der Waals surface area (Å²) in [6.45, 7) is 22.9. The van der Waals surface area contributed by atoms with Crippen molar-refractivity contribution in [1.29, 1.82) is 0 Å². The van der Waals surface area contributed by atoms with Crippen molar-refractivity contribution in [1.82, 2.24) is 25.9 Å². The molecule has 0 aliphatic carbocycles. The Labute approximate surface area is 318 Å². The highest BCUT2D eigenvalue weighted by Gasteiger charge is 2.26. The number of carboxylic acids is 1. The lowest BCUT2D eigenvalue weighted by atomic mass is 9.97. The first-order valence-electron chi connectivity index (χ1n) is 17.6. The average molecular weight is 746 g/mol. The van der Waals surface area contributed by atoms with Crippen molar-refractivity contribution >= 4 is 48.9 Å². The van der Waals surface area contributed by atoms with Gasteiger partial charge in [0.1, 0.15) is 11.2 Å². The molecule has 0 spiro atoms. The number of carboxylic acid groups (broad SMARTS) is 1. The van der Waals surface area contributed by atoms with Crippen LogP contribution < -0.4 is 16.0 Å². The first kappa shape index (κ1) is 42.6. The summed E-state index contributed by atoms with van der Waals surface area (Å²) in [4.78, 5) is 55.7. The number of aromatic nitrogens is 2. The van der Waals surface area contributed by atoms with Crippen LogP contribution in [0.3, 0.4) is 0 Å². The van der Waals surface area contributed by atoms with Crippen molar-refractivity contribution < 1.29 is 29.0 Å². The Morgan fingerprint density at radius 2 is 1.57 bits per heavy atom. The van der Waals surface area contributed by atoms with E-state index in [1.54, 1.807) is 33.0 Å². The fourth-order valence-corrected chi connectivity index (χ4v) is 6.36. The van der Waals surface area contributed by atoms with Crippen LogP contribution in [0, 0.1) is 13.8 Å². The van der Waals surface area contributed by atoms with Gasteiger partial charge in [0, 0.05) is 71.5 Å². The van der Waals surface area contributed by atoms with E-state index in [0.29, 0.717) is 52.9 Å². The topological polar surface area (TPSA) is 165 Å². The van der Waals surface area contributed by atoms with Crippen LogP contribution in [0.15, 0.2) is 59.0 Å². The number of ether oxygens (including phenoxy) is 1. The van der Waals surface area contributed by atoms with Crippen molar-refractivity contribution in [3.63, 3.8) is 0 Å². The van der Waals surface area contributed by atoms with E-state index >= 15 is 0 Å². The van der Waals surface area contributed by atoms with Gasteiger partial charge in [-0.2, -0.15) is 0 Å². The lowest BCUT2D eigenvalue weighted by Gasteiger charge is -2.30. The number of nitrogens with one attached hydrogen (secondary N) is 5. The zero-order valence-corrected chi connectivity index (χ0v) is 33.4. The number of aliphatic carboxylic acids is 1. The molecule has 11 nitrogen and oxygen atoms in total. The number of hydrogen-bond acceptors (Lipinski definition) is 7. The van der Waals surface area contributed by atoms with E-state index in [1.807, 2.05) is 53.7 Å². The van der Waals surface area contributed by atoms with Crippen molar-refractivity contribution in [2.45, 2.75) is 98.0 Å². The molecular formula is C41H55N5O6S. The second-order valence-corrected chi connectivity index (χ2v) is 15.5. The smallest absolute Gasteiger partial charge is 0.303 e. The third kappa shape index (κ3) is 11.1. The minimum atomic E-state index is -0.913. The number of thiol groups is 1. The lowest BCUT2D eigenvalue weighted by Crippen LogP contribution is -2.48. The maximum Gasteiger partial charge on any atom is 0.303 e. The van der Waals surface area contributed by atoms with Crippen molar-refractivity contribution in [2.24, 2.45) is 0 Å². The molecule has 0 fully saturated rings. The van der Waals surface area contributed by atoms with E-state index in [4.69, 9.17) is 4.74 Å². The molecule has 0 atom stereocenters. The summed E-state index contributed by atoms with van der Waals surface area (Å²) in [7, 11) is 1.77. The molecule has 3 rings (SSSR count). The number of likely N-dealkylation sites (N-methyl/N-ethyl adjacent to an activating group) is 1. The summed E-state index contributed by atoms with van der Waals surface area (Å²) in [5.74, 6) is -1.25. The Hall–Kier alpha value is -4.81. The lowest BCUT2D eigenvalue weighted by molar-refractivity contribution is -0.137. The van der Waals surface area contributed by atoms with E-state index in [2.05, 4.69) is 51.7 Å². The van der Waals surface area contributed by atoms with Crippen LogP contribution in [0.5, 0.6) is 0 Å². The summed E-state index contributed by atoms with van der Waals surface area (Å²) in [5.41, 5.74) is 9.90. The van der Waals surface area contributed by atoms with Crippen LogP contribution in [0.25, 0.3) is 12.2 Å². The zero-order chi connectivity index (χ0) is 39.8. The van der Waals surface area contributed by atoms with Crippen LogP contribution in [0.4, 0.5) is 0 Å². The highest BCUT2D eigenvalue weighted by Crippen LogP contribution is 2.31. The van der Waals surface area contributed by atoms with E-state index in [9.17, 15) is 24.3 Å². The third-order valence-electron chi connectivity index (χ3n) is 9.25. The van der Waals surface area contributed by atoms with Crippen molar-refractivity contribution in [3.05, 3.63) is 104 Å². The van der Waals surface area contributed by atoms with Gasteiger partial charge in [0.2, 0.25) is 5.91 Å². The molecule has 0 radical (unpaired) electrons. The predicted octanol–water partition coefficient (Wildman–Crippen LogP) is 6.31. The molecule has 3 heterocycles. The minimum absolute atomic E-state index is 0.0672. The molecule has 0 aromatic carbocycles. The van der Waals surface area contributed by atoms with Crippen LogP contribution in [-0.2, 0) is 43.2 Å². The quantitative estimate of drug-likeness (QED) is 0.0291. The molecule has 2 aromatic heterocycles. The van der Waals surface area contributed by atoms with Gasteiger partial charge in [0.15, 0.2) is 0 Å². The van der Waals surface area contributed by atoms with Gasteiger partial charge in [-0.15, -0.1) is 12.6 Å². The minimum Gasteiger partial charge on any atom is -0.481 e. The fourth-order valence-electron chi connectivity index (χ4n) is 6.29. The summed E-state index contributed by atoms with van der Waals surface area (Å²) >= 11 is 4.43. The summed E-state index contributed by atoms with van der Waals surface area (Å²) in [6.07, 6.45) is 9.04. The van der Waals surface area contributed by atoms with E-state index in [-0.39, 0.29) is 31.3 Å². The van der Waals surface area contributed by atoms with Gasteiger partial charge in [0.05, 0.1) is 17.8 Å². The zero-order valence-electron chi connectivity index (χ0n) is 32.5. The number of carbonyl (C=O) groups excluding carboxylic acids is 3. The number of hydrogen-bond donors (Lipinski definition) is 7. The Balaban J connectivity index is 2.14. The number of rotatable bonds is 19. The van der Waals surface area contributed by atoms with E-state index in [1.165, 1.54) is 0 Å². The van der Waals surface area contributed by atoms with Gasteiger partial charge in [0.25, 0.3) is 5.91 Å². The Morgan fingerprint density at radius 1 is 0.981 bits per heavy atom. The molecule has 0 saturated heterocycles. The number of aldehydes is 1. The average Bonchev–Trinajstić information content (AvgIpc) is 3.64. The Morgan fingerprint density at radius 3 is 2.09 bits per heavy atom. The normalized spacial score (nSPS) is 15.0. The molecule has 0 bridgehead atoms. The predicted molar refractivity (Wildman–Crippen MR) is 214 cm³/mol.